The van der Waals surface area contributed by atoms with Gasteiger partial charge in [-0.05, 0) is 18.2 Å². The maximum Gasteiger partial charge on any atom is 0.194 e. The van der Waals surface area contributed by atoms with E-state index in [1.165, 1.54) is 0 Å². The number of rotatable bonds is 3. The normalized spacial score (nSPS) is 15.3. The molecule has 3 nitrogen and oxygen atoms in total. The Morgan fingerprint density at radius 3 is 2.52 bits per heavy atom. The molecule has 0 bridgehead atoms. The molecule has 1 heterocycles. The maximum absolute atomic E-state index is 12.6. The van der Waals surface area contributed by atoms with Gasteiger partial charge in [0.25, 0.3) is 0 Å². The van der Waals surface area contributed by atoms with Crippen molar-refractivity contribution in [3.63, 3.8) is 0 Å². The number of ether oxygens (including phenoxy) is 2. The topological polar surface area (TPSA) is 35.5 Å². The van der Waals surface area contributed by atoms with Gasteiger partial charge in [0.1, 0.15) is 0 Å². The van der Waals surface area contributed by atoms with Gasteiger partial charge < -0.3 is 9.47 Å². The average molecular weight is 323 g/mol. The van der Waals surface area contributed by atoms with Gasteiger partial charge in [0.2, 0.25) is 0 Å². The first kappa shape index (κ1) is 14.5. The van der Waals surface area contributed by atoms with Crippen LogP contribution in [-0.4, -0.2) is 19.0 Å². The minimum atomic E-state index is -0.410. The predicted octanol–water partition coefficient (Wildman–Crippen LogP) is 4.27. The molecule has 0 amide bonds. The third kappa shape index (κ3) is 2.97. The molecule has 0 spiro atoms. The molecule has 0 atom stereocenters. The Morgan fingerprint density at radius 2 is 1.76 bits per heavy atom. The molecule has 0 radical (unpaired) electrons. The van der Waals surface area contributed by atoms with Crippen molar-refractivity contribution < 1.29 is 14.3 Å². The molecule has 0 saturated carbocycles. The highest BCUT2D eigenvalue weighted by Crippen LogP contribution is 2.29. The predicted molar refractivity (Wildman–Crippen MR) is 81.0 cm³/mol. The number of hydrogen-bond acceptors (Lipinski definition) is 3. The Kier molecular flexibility index (Phi) is 4.27. The molecule has 1 fully saturated rings. The highest BCUT2D eigenvalue weighted by Gasteiger charge is 2.20. The van der Waals surface area contributed by atoms with Crippen molar-refractivity contribution in [1.29, 1.82) is 0 Å². The summed E-state index contributed by atoms with van der Waals surface area (Å²) in [4.78, 5) is 12.6. The third-order valence-electron chi connectivity index (χ3n) is 3.24. The smallest absolute Gasteiger partial charge is 0.194 e. The van der Waals surface area contributed by atoms with Crippen molar-refractivity contribution >= 4 is 29.0 Å². The van der Waals surface area contributed by atoms with Gasteiger partial charge in [0, 0.05) is 16.7 Å². The van der Waals surface area contributed by atoms with Gasteiger partial charge in [-0.2, -0.15) is 0 Å². The zero-order valence-corrected chi connectivity index (χ0v) is 12.5. The summed E-state index contributed by atoms with van der Waals surface area (Å²) >= 11 is 12.1. The van der Waals surface area contributed by atoms with Gasteiger partial charge >= 0.3 is 0 Å². The molecule has 1 aliphatic heterocycles. The number of carbonyl (C=O) groups is 1. The molecule has 5 heteroatoms. The van der Waals surface area contributed by atoms with Gasteiger partial charge in [0.05, 0.1) is 23.3 Å². The van der Waals surface area contributed by atoms with E-state index in [2.05, 4.69) is 0 Å². The summed E-state index contributed by atoms with van der Waals surface area (Å²) in [5.41, 5.74) is 1.72. The van der Waals surface area contributed by atoms with Gasteiger partial charge in [-0.3, -0.25) is 4.79 Å². The fourth-order valence-electron chi connectivity index (χ4n) is 2.21. The van der Waals surface area contributed by atoms with Crippen molar-refractivity contribution in [2.24, 2.45) is 0 Å². The minimum absolute atomic E-state index is 0.178. The first-order valence-corrected chi connectivity index (χ1v) is 7.24. The van der Waals surface area contributed by atoms with Crippen LogP contribution >= 0.6 is 23.2 Å². The standard InChI is InChI=1S/C16H12Cl2O3/c17-13-6-2-5-12(14(13)18)15(19)10-3-1-4-11(9-10)16-20-7-8-21-16/h1-6,9,16H,7-8H2. The van der Waals surface area contributed by atoms with E-state index >= 15 is 0 Å². The summed E-state index contributed by atoms with van der Waals surface area (Å²) in [6, 6.07) is 12.2. The fourth-order valence-corrected chi connectivity index (χ4v) is 2.60. The summed E-state index contributed by atoms with van der Waals surface area (Å²) in [5.74, 6) is -0.178. The van der Waals surface area contributed by atoms with Crippen LogP contribution < -0.4 is 0 Å². The Bertz CT molecular complexity index is 679. The Morgan fingerprint density at radius 1 is 1.05 bits per heavy atom. The SMILES string of the molecule is O=C(c1cccc(C2OCCO2)c1)c1cccc(Cl)c1Cl. The average Bonchev–Trinajstić information content (AvgIpc) is 3.04. The summed E-state index contributed by atoms with van der Waals surface area (Å²) < 4.78 is 10.9. The van der Waals surface area contributed by atoms with Gasteiger partial charge in [-0.15, -0.1) is 0 Å². The fraction of sp³-hybridized carbons (Fsp3) is 0.188. The van der Waals surface area contributed by atoms with E-state index in [9.17, 15) is 4.79 Å². The van der Waals surface area contributed by atoms with Crippen LogP contribution in [0.1, 0.15) is 27.8 Å². The number of benzene rings is 2. The zero-order valence-electron chi connectivity index (χ0n) is 11.0. The monoisotopic (exact) mass is 322 g/mol. The lowest BCUT2D eigenvalue weighted by Gasteiger charge is -2.11. The second kappa shape index (κ2) is 6.16. The quantitative estimate of drug-likeness (QED) is 0.791. The molecule has 2 aromatic rings. The maximum atomic E-state index is 12.6. The Labute approximate surface area is 132 Å². The molecule has 0 aliphatic carbocycles. The van der Waals surface area contributed by atoms with E-state index in [1.54, 1.807) is 36.4 Å². The molecule has 2 aromatic carbocycles. The van der Waals surface area contributed by atoms with Crippen LogP contribution in [0.3, 0.4) is 0 Å². The molecular formula is C16H12Cl2O3. The van der Waals surface area contributed by atoms with Gasteiger partial charge in [-0.25, -0.2) is 0 Å². The van der Waals surface area contributed by atoms with E-state index in [0.29, 0.717) is 29.4 Å². The second-order valence-corrected chi connectivity index (χ2v) is 5.41. The molecule has 1 saturated heterocycles. The van der Waals surface area contributed by atoms with Gasteiger partial charge in [0.15, 0.2) is 12.1 Å². The Balaban J connectivity index is 1.94. The number of hydrogen-bond donors (Lipinski definition) is 0. The summed E-state index contributed by atoms with van der Waals surface area (Å²) in [6.07, 6.45) is -0.410. The first-order valence-electron chi connectivity index (χ1n) is 6.48. The molecule has 0 aromatic heterocycles. The minimum Gasteiger partial charge on any atom is -0.346 e. The summed E-state index contributed by atoms with van der Waals surface area (Å²) in [6.45, 7) is 1.12. The lowest BCUT2D eigenvalue weighted by molar-refractivity contribution is -0.0441. The van der Waals surface area contributed by atoms with Crippen LogP contribution in [0.15, 0.2) is 42.5 Å². The third-order valence-corrected chi connectivity index (χ3v) is 4.06. The highest BCUT2D eigenvalue weighted by molar-refractivity contribution is 6.44. The largest absolute Gasteiger partial charge is 0.346 e. The van der Waals surface area contributed by atoms with E-state index in [0.717, 1.165) is 5.56 Å². The van der Waals surface area contributed by atoms with E-state index < -0.39 is 6.29 Å². The molecule has 3 rings (SSSR count). The zero-order chi connectivity index (χ0) is 14.8. The first-order chi connectivity index (χ1) is 10.2. The number of ketones is 1. The number of halogens is 2. The number of carbonyl (C=O) groups excluding carboxylic acids is 1. The van der Waals surface area contributed by atoms with Crippen LogP contribution in [0.5, 0.6) is 0 Å². The summed E-state index contributed by atoms with van der Waals surface area (Å²) in [5, 5.41) is 0.629. The van der Waals surface area contributed by atoms with Crippen molar-refractivity contribution in [1.82, 2.24) is 0 Å². The van der Waals surface area contributed by atoms with Crippen LogP contribution in [0.25, 0.3) is 0 Å². The van der Waals surface area contributed by atoms with Crippen LogP contribution in [0, 0.1) is 0 Å². The molecule has 21 heavy (non-hydrogen) atoms. The Hall–Kier alpha value is -1.39. The molecule has 1 aliphatic rings. The lowest BCUT2D eigenvalue weighted by Crippen LogP contribution is -2.05. The highest BCUT2D eigenvalue weighted by atomic mass is 35.5. The second-order valence-electron chi connectivity index (χ2n) is 4.63. The van der Waals surface area contributed by atoms with E-state index in [1.807, 2.05) is 6.07 Å². The summed E-state index contributed by atoms with van der Waals surface area (Å²) in [7, 11) is 0. The van der Waals surface area contributed by atoms with Crippen molar-refractivity contribution in [2.75, 3.05) is 13.2 Å². The van der Waals surface area contributed by atoms with Crippen LogP contribution in [0.4, 0.5) is 0 Å². The molecular weight excluding hydrogens is 311 g/mol. The van der Waals surface area contributed by atoms with E-state index in [4.69, 9.17) is 32.7 Å². The van der Waals surface area contributed by atoms with Crippen molar-refractivity contribution in [3.8, 4) is 0 Å². The molecule has 108 valence electrons. The lowest BCUT2D eigenvalue weighted by atomic mass is 10.0. The molecule has 0 unspecified atom stereocenters. The van der Waals surface area contributed by atoms with Crippen molar-refractivity contribution in [2.45, 2.75) is 6.29 Å². The molecule has 0 N–H and O–H groups in total. The van der Waals surface area contributed by atoms with E-state index in [-0.39, 0.29) is 10.8 Å². The van der Waals surface area contributed by atoms with Crippen molar-refractivity contribution in [3.05, 3.63) is 69.2 Å². The van der Waals surface area contributed by atoms with Crippen LogP contribution in [-0.2, 0) is 9.47 Å². The van der Waals surface area contributed by atoms with Crippen LogP contribution in [0.2, 0.25) is 10.0 Å². The van der Waals surface area contributed by atoms with Gasteiger partial charge in [-0.1, -0.05) is 47.5 Å².